The van der Waals surface area contributed by atoms with Gasteiger partial charge in [-0.2, -0.15) is 0 Å². The summed E-state index contributed by atoms with van der Waals surface area (Å²) in [6.45, 7) is 0.722. The molecule has 0 radical (unpaired) electrons. The van der Waals surface area contributed by atoms with Gasteiger partial charge >= 0.3 is 5.97 Å². The van der Waals surface area contributed by atoms with Gasteiger partial charge < -0.3 is 20.6 Å². The van der Waals surface area contributed by atoms with E-state index >= 15 is 0 Å². The van der Waals surface area contributed by atoms with Crippen LogP contribution in [0.25, 0.3) is 0 Å². The fraction of sp³-hybridized carbons (Fsp3) is 0.133. The molecule has 0 spiro atoms. The molecule has 1 aromatic carbocycles. The molecule has 1 aromatic heterocycles. The van der Waals surface area contributed by atoms with E-state index in [-0.39, 0.29) is 22.5 Å². The Labute approximate surface area is 130 Å². The third kappa shape index (κ3) is 3.27. The van der Waals surface area contributed by atoms with Gasteiger partial charge in [-0.05, 0) is 31.2 Å². The molecule has 0 saturated carbocycles. The lowest BCUT2D eigenvalue weighted by molar-refractivity contribution is 0.0686. The van der Waals surface area contributed by atoms with Gasteiger partial charge in [-0.1, -0.05) is 0 Å². The molecule has 1 heterocycles. The zero-order valence-corrected chi connectivity index (χ0v) is 12.0. The number of hydrogen-bond acceptors (Lipinski definition) is 5. The summed E-state index contributed by atoms with van der Waals surface area (Å²) in [6, 6.07) is 4.74. The summed E-state index contributed by atoms with van der Waals surface area (Å²) < 4.78 is 12.9. The minimum Gasteiger partial charge on any atom is -0.505 e. The fourth-order valence-corrected chi connectivity index (χ4v) is 2.01. The topological polar surface area (TPSA) is 120 Å². The van der Waals surface area contributed by atoms with Gasteiger partial charge in [-0.25, -0.2) is 14.2 Å². The van der Waals surface area contributed by atoms with Crippen LogP contribution >= 0.6 is 0 Å². The lowest BCUT2D eigenvalue weighted by atomic mass is 10.1. The molecular weight excluding hydrogens is 307 g/mol. The molecule has 120 valence electrons. The fourth-order valence-electron chi connectivity index (χ4n) is 2.01. The quantitative estimate of drug-likeness (QED) is 0.680. The number of hydrogen-bond donors (Lipinski definition) is 4. The third-order valence-electron chi connectivity index (χ3n) is 3.16. The van der Waals surface area contributed by atoms with Crippen LogP contribution in [0.15, 0.2) is 24.3 Å². The predicted octanol–water partition coefficient (Wildman–Crippen LogP) is 1.68. The molecule has 0 aliphatic carbocycles. The number of carbonyl (C=O) groups excluding carboxylic acids is 1. The van der Waals surface area contributed by atoms with E-state index in [1.165, 1.54) is 19.1 Å². The number of halogens is 1. The molecule has 0 aliphatic heterocycles. The standard InChI is InChI=1S/C15H13FN2O5/c1-7-11(10(6-19)13(20)12(17-7)15(22)23)18-14(21)8-2-4-9(16)5-3-8/h2-5,19-20H,6H2,1H3,(H,18,21)(H,22,23). The molecule has 23 heavy (non-hydrogen) atoms. The van der Waals surface area contributed by atoms with Crippen molar-refractivity contribution in [3.05, 3.63) is 52.6 Å². The number of aromatic carboxylic acids is 1. The van der Waals surface area contributed by atoms with Gasteiger partial charge in [-0.3, -0.25) is 4.79 Å². The number of aliphatic hydroxyl groups excluding tert-OH is 1. The van der Waals surface area contributed by atoms with Crippen LogP contribution in [0, 0.1) is 12.7 Å². The number of anilines is 1. The van der Waals surface area contributed by atoms with Crippen LogP contribution in [0.5, 0.6) is 5.75 Å². The number of amides is 1. The molecule has 0 bridgehead atoms. The molecule has 1 amide bonds. The SMILES string of the molecule is Cc1nc(C(=O)O)c(O)c(CO)c1NC(=O)c1ccc(F)cc1. The van der Waals surface area contributed by atoms with Gasteiger partial charge in [0.25, 0.3) is 5.91 Å². The van der Waals surface area contributed by atoms with Gasteiger partial charge in [0, 0.05) is 11.1 Å². The van der Waals surface area contributed by atoms with E-state index in [1.54, 1.807) is 0 Å². The van der Waals surface area contributed by atoms with Crippen molar-refractivity contribution in [2.75, 3.05) is 5.32 Å². The highest BCUT2D eigenvalue weighted by Gasteiger charge is 2.22. The minimum atomic E-state index is -1.46. The van der Waals surface area contributed by atoms with Crippen LogP contribution in [0.1, 0.15) is 32.1 Å². The maximum Gasteiger partial charge on any atom is 0.358 e. The van der Waals surface area contributed by atoms with Gasteiger partial charge in [0.1, 0.15) is 5.82 Å². The number of carbonyl (C=O) groups is 2. The molecule has 7 nitrogen and oxygen atoms in total. The van der Waals surface area contributed by atoms with Crippen molar-refractivity contribution in [2.45, 2.75) is 13.5 Å². The molecule has 0 unspecified atom stereocenters. The average Bonchev–Trinajstić information content (AvgIpc) is 2.51. The number of carboxylic acid groups (broad SMARTS) is 1. The van der Waals surface area contributed by atoms with Gasteiger partial charge in [0.05, 0.1) is 18.0 Å². The molecule has 4 N–H and O–H groups in total. The van der Waals surface area contributed by atoms with Gasteiger partial charge in [0.15, 0.2) is 11.4 Å². The Balaban J connectivity index is 2.43. The number of carboxylic acids is 1. The van der Waals surface area contributed by atoms with E-state index < -0.39 is 35.7 Å². The van der Waals surface area contributed by atoms with Crippen molar-refractivity contribution >= 4 is 17.6 Å². The van der Waals surface area contributed by atoms with Crippen molar-refractivity contribution in [1.82, 2.24) is 4.98 Å². The summed E-state index contributed by atoms with van der Waals surface area (Å²) in [5, 5.41) is 30.6. The number of pyridine rings is 1. The molecule has 0 fully saturated rings. The summed E-state index contributed by atoms with van der Waals surface area (Å²) in [5.41, 5.74) is -0.516. The largest absolute Gasteiger partial charge is 0.505 e. The highest BCUT2D eigenvalue weighted by Crippen LogP contribution is 2.31. The van der Waals surface area contributed by atoms with Crippen LogP contribution < -0.4 is 5.32 Å². The molecular formula is C15H13FN2O5. The van der Waals surface area contributed by atoms with Crippen molar-refractivity contribution < 1.29 is 29.3 Å². The number of rotatable bonds is 4. The van der Waals surface area contributed by atoms with E-state index in [4.69, 9.17) is 5.11 Å². The Morgan fingerprint density at radius 2 is 1.87 bits per heavy atom. The van der Waals surface area contributed by atoms with Crippen LogP contribution in [-0.2, 0) is 6.61 Å². The smallest absolute Gasteiger partial charge is 0.358 e. The number of nitrogens with zero attached hydrogens (tertiary/aromatic N) is 1. The summed E-state index contributed by atoms with van der Waals surface area (Å²) in [4.78, 5) is 26.8. The predicted molar refractivity (Wildman–Crippen MR) is 77.9 cm³/mol. The molecule has 2 aromatic rings. The van der Waals surface area contributed by atoms with Crippen LogP contribution in [0.2, 0.25) is 0 Å². The second kappa shape index (κ2) is 6.41. The van der Waals surface area contributed by atoms with Crippen LogP contribution in [0.4, 0.5) is 10.1 Å². The molecule has 2 rings (SSSR count). The molecule has 0 aliphatic rings. The molecule has 8 heteroatoms. The Hall–Kier alpha value is -3.00. The lowest BCUT2D eigenvalue weighted by Crippen LogP contribution is -2.16. The number of aryl methyl sites for hydroxylation is 1. The summed E-state index contributed by atoms with van der Waals surface area (Å²) >= 11 is 0. The van der Waals surface area contributed by atoms with E-state index in [0.717, 1.165) is 12.1 Å². The second-order valence-electron chi connectivity index (χ2n) is 4.67. The Bertz CT molecular complexity index is 774. The number of nitrogens with one attached hydrogen (secondary N) is 1. The van der Waals surface area contributed by atoms with Gasteiger partial charge in [-0.15, -0.1) is 0 Å². The Kier molecular flexibility index (Phi) is 4.56. The highest BCUT2D eigenvalue weighted by atomic mass is 19.1. The van der Waals surface area contributed by atoms with Crippen molar-refractivity contribution in [2.24, 2.45) is 0 Å². The maximum absolute atomic E-state index is 12.9. The number of aromatic nitrogens is 1. The number of benzene rings is 1. The van der Waals surface area contributed by atoms with E-state index in [0.29, 0.717) is 0 Å². The number of aliphatic hydroxyl groups is 1. The lowest BCUT2D eigenvalue weighted by Gasteiger charge is -2.15. The monoisotopic (exact) mass is 320 g/mol. The normalized spacial score (nSPS) is 10.4. The van der Waals surface area contributed by atoms with E-state index in [9.17, 15) is 24.2 Å². The maximum atomic E-state index is 12.9. The number of aromatic hydroxyl groups is 1. The Morgan fingerprint density at radius 3 is 2.39 bits per heavy atom. The summed E-state index contributed by atoms with van der Waals surface area (Å²) in [5.74, 6) is -3.30. The van der Waals surface area contributed by atoms with Crippen molar-refractivity contribution in [1.29, 1.82) is 0 Å². The first-order valence-corrected chi connectivity index (χ1v) is 6.48. The first-order chi connectivity index (χ1) is 10.8. The summed E-state index contributed by atoms with van der Waals surface area (Å²) in [6.07, 6.45) is 0. The van der Waals surface area contributed by atoms with Crippen molar-refractivity contribution in [3.8, 4) is 5.75 Å². The van der Waals surface area contributed by atoms with Crippen molar-refractivity contribution in [3.63, 3.8) is 0 Å². The van der Waals surface area contributed by atoms with Gasteiger partial charge in [0.2, 0.25) is 0 Å². The van der Waals surface area contributed by atoms with Crippen LogP contribution in [-0.4, -0.2) is 32.2 Å². The van der Waals surface area contributed by atoms with Crippen LogP contribution in [0.3, 0.4) is 0 Å². The molecule has 0 atom stereocenters. The third-order valence-corrected chi connectivity index (χ3v) is 3.16. The zero-order chi connectivity index (χ0) is 17.1. The zero-order valence-electron chi connectivity index (χ0n) is 12.0. The van der Waals surface area contributed by atoms with E-state index in [1.807, 2.05) is 0 Å². The Morgan fingerprint density at radius 1 is 1.26 bits per heavy atom. The minimum absolute atomic E-state index is 0.00400. The summed E-state index contributed by atoms with van der Waals surface area (Å²) in [7, 11) is 0. The highest BCUT2D eigenvalue weighted by molar-refractivity contribution is 6.05. The first kappa shape index (κ1) is 16.4. The van der Waals surface area contributed by atoms with E-state index in [2.05, 4.69) is 10.3 Å². The first-order valence-electron chi connectivity index (χ1n) is 6.48. The average molecular weight is 320 g/mol. The second-order valence-corrected chi connectivity index (χ2v) is 4.67. The molecule has 0 saturated heterocycles.